The number of hydrogen-bond acceptors (Lipinski definition) is 4. The summed E-state index contributed by atoms with van der Waals surface area (Å²) in [4.78, 5) is 21.5. The van der Waals surface area contributed by atoms with Gasteiger partial charge in [0.05, 0.1) is 11.1 Å². The van der Waals surface area contributed by atoms with Crippen molar-refractivity contribution in [3.05, 3.63) is 11.1 Å². The quantitative estimate of drug-likeness (QED) is 0.438. The van der Waals surface area contributed by atoms with E-state index in [0.29, 0.717) is 0 Å². The van der Waals surface area contributed by atoms with Crippen molar-refractivity contribution in [3.8, 4) is 0 Å². The molecule has 0 saturated heterocycles. The molecule has 0 heterocycles. The van der Waals surface area contributed by atoms with E-state index in [9.17, 15) is 9.59 Å². The Hall–Kier alpha value is -0.840. The molecule has 0 atom stereocenters. The predicted molar refractivity (Wildman–Crippen MR) is 50.3 cm³/mol. The van der Waals surface area contributed by atoms with Gasteiger partial charge >= 0.3 is 12.1 Å². The van der Waals surface area contributed by atoms with Crippen molar-refractivity contribution in [2.75, 3.05) is 6.61 Å². The summed E-state index contributed by atoms with van der Waals surface area (Å²) in [5.74, 6) is -0.636. The van der Waals surface area contributed by atoms with Crippen LogP contribution in [0.4, 0.5) is 4.79 Å². The van der Waals surface area contributed by atoms with Gasteiger partial charge in [0, 0.05) is 0 Å². The van der Waals surface area contributed by atoms with Crippen molar-refractivity contribution in [3.63, 3.8) is 0 Å². The second kappa shape index (κ2) is 5.75. The fourth-order valence-corrected chi connectivity index (χ4v) is 0.476. The van der Waals surface area contributed by atoms with Gasteiger partial charge in [0.2, 0.25) is 0 Å². The highest BCUT2D eigenvalue weighted by Gasteiger charge is 2.13. The Labute approximate surface area is 85.0 Å². The molecular weight excluding hydrogens is 240 g/mol. The summed E-state index contributed by atoms with van der Waals surface area (Å²) in [6, 6.07) is 0. The highest BCUT2D eigenvalue weighted by Crippen LogP contribution is 2.04. The molecule has 0 aliphatic carbocycles. The van der Waals surface area contributed by atoms with Gasteiger partial charge in [-0.25, -0.2) is 9.59 Å². The third-order valence-corrected chi connectivity index (χ3v) is 1.26. The van der Waals surface area contributed by atoms with E-state index in [-0.39, 0.29) is 17.0 Å². The van der Waals surface area contributed by atoms with Crippen molar-refractivity contribution in [1.82, 2.24) is 0 Å². The molecule has 0 amide bonds. The van der Waals surface area contributed by atoms with Gasteiger partial charge in [-0.05, 0) is 21.8 Å². The summed E-state index contributed by atoms with van der Waals surface area (Å²) in [6.45, 7) is 7.21. The first kappa shape index (κ1) is 12.2. The molecule has 0 bridgehead atoms. The number of carbonyl (C=O) groups excluding carboxylic acids is 2. The Bertz CT molecular complexity index is 222. The molecule has 0 aromatic carbocycles. The lowest BCUT2D eigenvalue weighted by Crippen LogP contribution is -2.15. The molecule has 0 aromatic heterocycles. The molecular formula is C8H11BrO4. The summed E-state index contributed by atoms with van der Waals surface area (Å²) < 4.78 is 8.78. The maximum absolute atomic E-state index is 10.7. The minimum atomic E-state index is -1.00. The van der Waals surface area contributed by atoms with Crippen LogP contribution in [0.15, 0.2) is 11.1 Å². The van der Waals surface area contributed by atoms with E-state index in [1.165, 1.54) is 0 Å². The summed E-state index contributed by atoms with van der Waals surface area (Å²) in [5, 5.41) is 0. The Morgan fingerprint density at radius 3 is 2.38 bits per heavy atom. The number of rotatable bonds is 3. The van der Waals surface area contributed by atoms with Gasteiger partial charge in [-0.15, -0.1) is 0 Å². The standard InChI is InChI=1S/C8H11BrO4/c1-5(2)4-12-8(11)13-7(10)6(3)9/h5H,3-4H2,1-2H3. The van der Waals surface area contributed by atoms with Crippen LogP contribution in [0.2, 0.25) is 0 Å². The Morgan fingerprint density at radius 2 is 2.00 bits per heavy atom. The SMILES string of the molecule is C=C(Br)C(=O)OC(=O)OCC(C)C. The van der Waals surface area contributed by atoms with Gasteiger partial charge < -0.3 is 9.47 Å². The largest absolute Gasteiger partial charge is 0.516 e. The molecule has 0 aliphatic heterocycles. The first-order chi connectivity index (χ1) is 5.93. The highest BCUT2D eigenvalue weighted by molar-refractivity contribution is 9.12. The molecule has 0 fully saturated rings. The van der Waals surface area contributed by atoms with Crippen molar-refractivity contribution in [2.24, 2.45) is 5.92 Å². The van der Waals surface area contributed by atoms with Crippen LogP contribution in [0.1, 0.15) is 13.8 Å². The van der Waals surface area contributed by atoms with Gasteiger partial charge in [-0.3, -0.25) is 0 Å². The van der Waals surface area contributed by atoms with Gasteiger partial charge in [0.15, 0.2) is 0 Å². The van der Waals surface area contributed by atoms with E-state index < -0.39 is 12.1 Å². The number of hydrogen-bond donors (Lipinski definition) is 0. The van der Waals surface area contributed by atoms with Crippen molar-refractivity contribution in [2.45, 2.75) is 13.8 Å². The molecule has 5 heteroatoms. The van der Waals surface area contributed by atoms with Crippen molar-refractivity contribution < 1.29 is 19.1 Å². The molecule has 0 N–H and O–H groups in total. The number of halogens is 1. The van der Waals surface area contributed by atoms with Crippen LogP contribution in [-0.2, 0) is 14.3 Å². The average molecular weight is 251 g/mol. The first-order valence-electron chi connectivity index (χ1n) is 3.66. The highest BCUT2D eigenvalue weighted by atomic mass is 79.9. The fraction of sp³-hybridized carbons (Fsp3) is 0.500. The van der Waals surface area contributed by atoms with E-state index >= 15 is 0 Å². The third-order valence-electron chi connectivity index (χ3n) is 0.932. The molecule has 0 spiro atoms. The van der Waals surface area contributed by atoms with Crippen LogP contribution in [0, 0.1) is 5.92 Å². The third kappa shape index (κ3) is 6.33. The minimum Gasteiger partial charge on any atom is -0.434 e. The molecule has 4 nitrogen and oxygen atoms in total. The second-order valence-corrected chi connectivity index (χ2v) is 3.71. The molecule has 0 aromatic rings. The number of ether oxygens (including phenoxy) is 2. The summed E-state index contributed by atoms with van der Waals surface area (Å²) in [6.07, 6.45) is -1.00. The topological polar surface area (TPSA) is 52.6 Å². The van der Waals surface area contributed by atoms with Gasteiger partial charge in [-0.2, -0.15) is 0 Å². The monoisotopic (exact) mass is 250 g/mol. The molecule has 0 aliphatic rings. The van der Waals surface area contributed by atoms with Crippen LogP contribution in [0.25, 0.3) is 0 Å². The van der Waals surface area contributed by atoms with E-state index in [1.807, 2.05) is 13.8 Å². The summed E-state index contributed by atoms with van der Waals surface area (Å²) >= 11 is 2.77. The number of esters is 1. The van der Waals surface area contributed by atoms with Gasteiger partial charge in [0.1, 0.15) is 0 Å². The van der Waals surface area contributed by atoms with E-state index in [4.69, 9.17) is 0 Å². The van der Waals surface area contributed by atoms with Crippen molar-refractivity contribution in [1.29, 1.82) is 0 Å². The molecule has 13 heavy (non-hydrogen) atoms. The molecule has 0 rings (SSSR count). The van der Waals surface area contributed by atoms with E-state index in [2.05, 4.69) is 32.0 Å². The molecule has 0 radical (unpaired) electrons. The Morgan fingerprint density at radius 1 is 1.46 bits per heavy atom. The molecule has 0 saturated carbocycles. The average Bonchev–Trinajstić information content (AvgIpc) is 2.00. The molecule has 0 unspecified atom stereocenters. The lowest BCUT2D eigenvalue weighted by atomic mass is 10.2. The maximum atomic E-state index is 10.7. The smallest absolute Gasteiger partial charge is 0.434 e. The Balaban J connectivity index is 3.75. The zero-order valence-corrected chi connectivity index (χ0v) is 9.09. The minimum absolute atomic E-state index is 0.0194. The van der Waals surface area contributed by atoms with Crippen LogP contribution in [0.3, 0.4) is 0 Å². The first-order valence-corrected chi connectivity index (χ1v) is 4.46. The normalized spacial score (nSPS) is 9.54. The van der Waals surface area contributed by atoms with Crippen LogP contribution < -0.4 is 0 Å². The Kier molecular flexibility index (Phi) is 5.37. The van der Waals surface area contributed by atoms with Gasteiger partial charge in [-0.1, -0.05) is 20.4 Å². The number of carbonyl (C=O) groups is 2. The summed E-state index contributed by atoms with van der Waals surface area (Å²) in [5.41, 5.74) is 0. The summed E-state index contributed by atoms with van der Waals surface area (Å²) in [7, 11) is 0. The maximum Gasteiger partial charge on any atom is 0.516 e. The lowest BCUT2D eigenvalue weighted by molar-refractivity contribution is -0.134. The fourth-order valence-electron chi connectivity index (χ4n) is 0.395. The van der Waals surface area contributed by atoms with E-state index in [1.54, 1.807) is 0 Å². The van der Waals surface area contributed by atoms with Crippen molar-refractivity contribution >= 4 is 28.1 Å². The second-order valence-electron chi connectivity index (χ2n) is 2.75. The zero-order chi connectivity index (χ0) is 10.4. The van der Waals surface area contributed by atoms with E-state index in [0.717, 1.165) is 0 Å². The van der Waals surface area contributed by atoms with Crippen LogP contribution in [-0.4, -0.2) is 18.7 Å². The predicted octanol–water partition coefficient (Wildman–Crippen LogP) is 2.23. The van der Waals surface area contributed by atoms with Crippen LogP contribution in [0.5, 0.6) is 0 Å². The van der Waals surface area contributed by atoms with Crippen LogP contribution >= 0.6 is 15.9 Å². The zero-order valence-electron chi connectivity index (χ0n) is 7.50. The lowest BCUT2D eigenvalue weighted by Gasteiger charge is -2.05. The van der Waals surface area contributed by atoms with Gasteiger partial charge in [0.25, 0.3) is 0 Å². The molecule has 74 valence electrons.